The molecule has 0 unspecified atom stereocenters. The van der Waals surface area contributed by atoms with Gasteiger partial charge in [-0.1, -0.05) is 30.5 Å². The second-order valence-electron chi connectivity index (χ2n) is 6.93. The number of halogens is 1. The van der Waals surface area contributed by atoms with Crippen molar-refractivity contribution in [2.75, 3.05) is 5.73 Å². The predicted molar refractivity (Wildman–Crippen MR) is 107 cm³/mol. The molecule has 1 aromatic heterocycles. The smallest absolute Gasteiger partial charge is 0.174 e. The first kappa shape index (κ1) is 18.0. The van der Waals surface area contributed by atoms with Gasteiger partial charge in [-0.2, -0.15) is 0 Å². The molecule has 0 spiro atoms. The molecule has 1 heterocycles. The fourth-order valence-corrected chi connectivity index (χ4v) is 3.34. The van der Waals surface area contributed by atoms with Crippen molar-refractivity contribution in [3.05, 3.63) is 71.3 Å². The molecule has 140 valence electrons. The molecule has 1 saturated carbocycles. The Hall–Kier alpha value is -3.39. The lowest BCUT2D eigenvalue weighted by atomic mass is 9.79. The Bertz CT molecular complexity index is 1040. The third-order valence-electron chi connectivity index (χ3n) is 5.10. The van der Waals surface area contributed by atoms with Crippen LogP contribution in [0.1, 0.15) is 41.9 Å². The van der Waals surface area contributed by atoms with Crippen LogP contribution in [0.5, 0.6) is 5.75 Å². The van der Waals surface area contributed by atoms with Crippen LogP contribution in [0, 0.1) is 18.2 Å². The maximum absolute atomic E-state index is 15.4. The maximum Gasteiger partial charge on any atom is 0.174 e. The number of nitrogen functional groups attached to an aromatic ring is 1. The van der Waals surface area contributed by atoms with Gasteiger partial charge in [0.1, 0.15) is 12.4 Å². The molecule has 4 nitrogen and oxygen atoms in total. The summed E-state index contributed by atoms with van der Waals surface area (Å²) in [4.78, 5) is 8.21. The van der Waals surface area contributed by atoms with Gasteiger partial charge in [0, 0.05) is 16.7 Å². The number of hydrogen-bond donors (Lipinski definition) is 1. The summed E-state index contributed by atoms with van der Waals surface area (Å²) in [6, 6.07) is 11.2. The number of aromatic nitrogens is 2. The first-order valence-electron chi connectivity index (χ1n) is 9.24. The van der Waals surface area contributed by atoms with E-state index in [2.05, 4.69) is 15.9 Å². The number of ether oxygens (including phenoxy) is 1. The number of nitrogens with zero attached hydrogens (tertiary/aromatic N) is 2. The topological polar surface area (TPSA) is 61.0 Å². The van der Waals surface area contributed by atoms with E-state index in [0.717, 1.165) is 36.0 Å². The Kier molecular flexibility index (Phi) is 4.94. The highest BCUT2D eigenvalue weighted by Crippen LogP contribution is 2.44. The first-order valence-corrected chi connectivity index (χ1v) is 9.24. The summed E-state index contributed by atoms with van der Waals surface area (Å²) in [5.74, 6) is 3.09. The number of terminal acetylenes is 1. The van der Waals surface area contributed by atoms with Crippen LogP contribution < -0.4 is 10.5 Å². The zero-order valence-electron chi connectivity index (χ0n) is 15.4. The average Bonchev–Trinajstić information content (AvgIpc) is 2.67. The molecule has 0 atom stereocenters. The highest BCUT2D eigenvalue weighted by Gasteiger charge is 2.27. The number of nitrogens with two attached hydrogens (primary N) is 1. The summed E-state index contributed by atoms with van der Waals surface area (Å²) in [6.45, 7) is 0.239. The summed E-state index contributed by atoms with van der Waals surface area (Å²) in [7, 11) is 0. The van der Waals surface area contributed by atoms with Gasteiger partial charge < -0.3 is 10.5 Å². The summed E-state index contributed by atoms with van der Waals surface area (Å²) >= 11 is 0. The minimum Gasteiger partial charge on any atom is -0.486 e. The van der Waals surface area contributed by atoms with E-state index in [4.69, 9.17) is 16.9 Å². The molecule has 1 fully saturated rings. The number of hydrogen-bond acceptors (Lipinski definition) is 4. The van der Waals surface area contributed by atoms with Crippen LogP contribution in [0.3, 0.4) is 0 Å². The van der Waals surface area contributed by atoms with Gasteiger partial charge in [0.05, 0.1) is 18.1 Å². The quantitative estimate of drug-likeness (QED) is 0.659. The molecule has 0 aliphatic heterocycles. The van der Waals surface area contributed by atoms with E-state index in [1.165, 1.54) is 12.4 Å². The normalized spacial score (nSPS) is 13.6. The summed E-state index contributed by atoms with van der Waals surface area (Å²) in [6.07, 6.45) is 11.6. The molecule has 1 aliphatic carbocycles. The fraction of sp³-hybridized carbons (Fsp3) is 0.217. The Balaban J connectivity index is 1.69. The summed E-state index contributed by atoms with van der Waals surface area (Å²) in [5, 5.41) is 0. The maximum atomic E-state index is 15.4. The van der Waals surface area contributed by atoms with Crippen molar-refractivity contribution in [3.8, 4) is 29.4 Å². The van der Waals surface area contributed by atoms with Gasteiger partial charge in [-0.3, -0.25) is 4.98 Å². The molecule has 0 saturated heterocycles. The molecular weight excluding hydrogens is 353 g/mol. The van der Waals surface area contributed by atoms with Crippen LogP contribution >= 0.6 is 0 Å². The van der Waals surface area contributed by atoms with Gasteiger partial charge in [0.15, 0.2) is 11.6 Å². The predicted octanol–water partition coefficient (Wildman–Crippen LogP) is 4.69. The number of anilines is 1. The molecule has 1 aliphatic rings. The van der Waals surface area contributed by atoms with E-state index >= 15 is 4.39 Å². The van der Waals surface area contributed by atoms with Crippen LogP contribution in [-0.2, 0) is 6.61 Å². The molecule has 0 radical (unpaired) electrons. The highest BCUT2D eigenvalue weighted by atomic mass is 19.1. The van der Waals surface area contributed by atoms with Crippen LogP contribution in [-0.4, -0.2) is 9.97 Å². The van der Waals surface area contributed by atoms with Crippen molar-refractivity contribution in [2.24, 2.45) is 0 Å². The van der Waals surface area contributed by atoms with E-state index in [1.54, 1.807) is 6.07 Å². The second kappa shape index (κ2) is 7.69. The monoisotopic (exact) mass is 373 g/mol. The van der Waals surface area contributed by atoms with Gasteiger partial charge in [-0.05, 0) is 42.5 Å². The van der Waals surface area contributed by atoms with Crippen molar-refractivity contribution < 1.29 is 9.13 Å². The largest absolute Gasteiger partial charge is 0.486 e. The van der Waals surface area contributed by atoms with E-state index in [1.807, 2.05) is 30.3 Å². The first-order chi connectivity index (χ1) is 13.7. The Morgan fingerprint density at radius 2 is 2.04 bits per heavy atom. The van der Waals surface area contributed by atoms with Crippen LogP contribution in [0.4, 0.5) is 10.2 Å². The molecule has 28 heavy (non-hydrogen) atoms. The zero-order valence-corrected chi connectivity index (χ0v) is 15.4. The van der Waals surface area contributed by atoms with Gasteiger partial charge in [-0.15, -0.1) is 6.42 Å². The van der Waals surface area contributed by atoms with Gasteiger partial charge in [0.25, 0.3) is 0 Å². The number of rotatable bonds is 5. The lowest BCUT2D eigenvalue weighted by Crippen LogP contribution is -2.12. The Morgan fingerprint density at radius 1 is 1.18 bits per heavy atom. The minimum absolute atomic E-state index is 0.239. The highest BCUT2D eigenvalue weighted by molar-refractivity contribution is 5.64. The van der Waals surface area contributed by atoms with Crippen molar-refractivity contribution in [1.82, 2.24) is 9.97 Å². The molecule has 0 amide bonds. The van der Waals surface area contributed by atoms with E-state index in [9.17, 15) is 0 Å². The average molecular weight is 373 g/mol. The third-order valence-corrected chi connectivity index (χ3v) is 5.10. The molecule has 3 aromatic rings. The van der Waals surface area contributed by atoms with Crippen molar-refractivity contribution >= 4 is 5.82 Å². The van der Waals surface area contributed by atoms with Crippen LogP contribution in [0.25, 0.3) is 11.3 Å². The Labute approximate surface area is 163 Å². The zero-order chi connectivity index (χ0) is 19.5. The van der Waals surface area contributed by atoms with E-state index in [0.29, 0.717) is 23.0 Å². The van der Waals surface area contributed by atoms with Crippen molar-refractivity contribution in [1.29, 1.82) is 0 Å². The third kappa shape index (κ3) is 3.54. The van der Waals surface area contributed by atoms with Crippen molar-refractivity contribution in [2.45, 2.75) is 31.8 Å². The van der Waals surface area contributed by atoms with Gasteiger partial charge >= 0.3 is 0 Å². The number of benzene rings is 2. The van der Waals surface area contributed by atoms with Gasteiger partial charge in [0.2, 0.25) is 0 Å². The van der Waals surface area contributed by atoms with Crippen LogP contribution in [0.15, 0.2) is 48.8 Å². The molecule has 0 bridgehead atoms. The molecule has 2 aromatic carbocycles. The minimum atomic E-state index is -0.420. The SMILES string of the molecule is C#Cc1cccc(COc2c(C3CCC3)ccc(-c3cnc(N)cn3)c2F)c1. The molecule has 5 heteroatoms. The molecule has 4 rings (SSSR count). The lowest BCUT2D eigenvalue weighted by Gasteiger charge is -2.28. The van der Waals surface area contributed by atoms with Gasteiger partial charge in [-0.25, -0.2) is 9.37 Å². The summed E-state index contributed by atoms with van der Waals surface area (Å²) < 4.78 is 21.4. The lowest BCUT2D eigenvalue weighted by molar-refractivity contribution is 0.278. The second-order valence-corrected chi connectivity index (χ2v) is 6.93. The molecule has 2 N–H and O–H groups in total. The summed E-state index contributed by atoms with van der Waals surface area (Å²) in [5.41, 5.74) is 8.94. The molecular formula is C23H20FN3O. The fourth-order valence-electron chi connectivity index (χ4n) is 3.34. The van der Waals surface area contributed by atoms with Crippen LogP contribution in [0.2, 0.25) is 0 Å². The Morgan fingerprint density at radius 3 is 2.71 bits per heavy atom. The van der Waals surface area contributed by atoms with E-state index < -0.39 is 5.82 Å². The van der Waals surface area contributed by atoms with Crippen molar-refractivity contribution in [3.63, 3.8) is 0 Å². The van der Waals surface area contributed by atoms with E-state index in [-0.39, 0.29) is 12.4 Å². The standard InChI is InChI=1S/C23H20FN3O/c1-2-15-5-3-6-16(11-15)14-28-23-18(17-7-4-8-17)9-10-19(22(23)24)20-12-27-21(25)13-26-20/h1,3,5-6,9-13,17H,4,7-8,14H2,(H2,25,27).